The van der Waals surface area contributed by atoms with Crippen molar-refractivity contribution in [3.63, 3.8) is 0 Å². The van der Waals surface area contributed by atoms with E-state index in [0.29, 0.717) is 0 Å². The third-order valence-electron chi connectivity index (χ3n) is 5.92. The predicted octanol–water partition coefficient (Wildman–Crippen LogP) is 7.65. The van der Waals surface area contributed by atoms with E-state index in [2.05, 4.69) is 0 Å². The van der Waals surface area contributed by atoms with Gasteiger partial charge in [0.25, 0.3) is 0 Å². The van der Waals surface area contributed by atoms with Crippen LogP contribution in [0.4, 0.5) is 74.6 Å². The minimum absolute atomic E-state index is 0.0645. The molecule has 212 valence electrons. The lowest BCUT2D eigenvalue weighted by atomic mass is 9.88. The Morgan fingerprint density at radius 2 is 0.714 bits per heavy atom. The van der Waals surface area contributed by atoms with Crippen LogP contribution in [0.1, 0.15) is 33.6 Å². The number of rotatable bonds is 13. The Balaban J connectivity index is 6.35. The van der Waals surface area contributed by atoms with Gasteiger partial charge in [-0.05, 0) is 20.8 Å². The van der Waals surface area contributed by atoms with Crippen LogP contribution in [0.15, 0.2) is 0 Å². The van der Waals surface area contributed by atoms with Gasteiger partial charge in [0.15, 0.2) is 0 Å². The first-order valence-corrected chi connectivity index (χ1v) is 9.70. The number of quaternary nitrogens is 1. The molecule has 0 unspecified atom stereocenters. The molecule has 1 nitrogen and oxygen atoms in total. The molecule has 0 aliphatic carbocycles. The lowest BCUT2D eigenvalue weighted by Gasteiger charge is -2.43. The van der Waals surface area contributed by atoms with Gasteiger partial charge in [-0.25, -0.2) is 0 Å². The third kappa shape index (κ3) is 5.00. The van der Waals surface area contributed by atoms with Gasteiger partial charge in [0, 0.05) is 12.8 Å². The van der Waals surface area contributed by atoms with Gasteiger partial charge in [-0.15, -0.1) is 0 Å². The van der Waals surface area contributed by atoms with E-state index in [0.717, 1.165) is 0 Å². The summed E-state index contributed by atoms with van der Waals surface area (Å²) in [5, 5.41) is 0. The van der Waals surface area contributed by atoms with Gasteiger partial charge < -0.3 is 4.48 Å². The summed E-state index contributed by atoms with van der Waals surface area (Å²) in [6.07, 6.45) is -11.2. The Morgan fingerprint density at radius 3 is 1.00 bits per heavy atom. The fourth-order valence-electron chi connectivity index (χ4n) is 3.14. The first-order chi connectivity index (χ1) is 15.1. The van der Waals surface area contributed by atoms with E-state index in [1.807, 2.05) is 0 Å². The second kappa shape index (κ2) is 9.58. The Bertz CT molecular complexity index is 698. The topological polar surface area (TPSA) is 0 Å². The summed E-state index contributed by atoms with van der Waals surface area (Å²) >= 11 is 0. The van der Waals surface area contributed by atoms with Crippen LogP contribution >= 0.6 is 0 Å². The van der Waals surface area contributed by atoms with Crippen LogP contribution in [0.5, 0.6) is 0 Å². The summed E-state index contributed by atoms with van der Waals surface area (Å²) in [7, 11) is 0. The van der Waals surface area contributed by atoms with E-state index in [9.17, 15) is 74.6 Å². The second-order valence-corrected chi connectivity index (χ2v) is 7.77. The fourth-order valence-corrected chi connectivity index (χ4v) is 3.14. The summed E-state index contributed by atoms with van der Waals surface area (Å²) in [4.78, 5) is 0. The molecule has 0 rings (SSSR count). The lowest BCUT2D eigenvalue weighted by Crippen LogP contribution is -2.74. The third-order valence-corrected chi connectivity index (χ3v) is 5.92. The van der Waals surface area contributed by atoms with Gasteiger partial charge in [-0.3, -0.25) is 0 Å². The highest BCUT2D eigenvalue weighted by molar-refractivity contribution is 5.15. The first-order valence-electron chi connectivity index (χ1n) is 9.70. The SMILES string of the molecule is CC[N+](CC)(CC)CCCC(F)(F)C(F)(F)C(F)(F)C(F)(F)C(F)(F)C(F)(F)C(F)(F)C(F)(F)F. The highest BCUT2D eigenvalue weighted by Gasteiger charge is 2.95. The van der Waals surface area contributed by atoms with Gasteiger partial charge in [0.05, 0.1) is 26.2 Å². The minimum Gasteiger partial charge on any atom is -0.324 e. The first kappa shape index (κ1) is 33.8. The fraction of sp³-hybridized carbons (Fsp3) is 1.00. The molecule has 0 aromatic heterocycles. The van der Waals surface area contributed by atoms with Crippen LogP contribution in [0.3, 0.4) is 0 Å². The van der Waals surface area contributed by atoms with Crippen molar-refractivity contribution in [3.05, 3.63) is 0 Å². The molecule has 0 N–H and O–H groups in total. The van der Waals surface area contributed by atoms with E-state index >= 15 is 0 Å². The monoisotopic (exact) mass is 562 g/mol. The highest BCUT2D eigenvalue weighted by Crippen LogP contribution is 2.64. The standard InChI is InChI=1S/C17H21F17N/c1-4-35(5-2,6-3)9-7-8-10(18,19)11(20,21)12(22,23)13(24,25)14(26,27)15(28,29)16(30,31)17(32,33)34/h4-9H2,1-3H3/q+1. The van der Waals surface area contributed by atoms with Crippen molar-refractivity contribution in [1.29, 1.82) is 0 Å². The maximum Gasteiger partial charge on any atom is 0.460 e. The van der Waals surface area contributed by atoms with Crippen LogP contribution in [-0.2, 0) is 0 Å². The average Bonchev–Trinajstić information content (AvgIpc) is 2.69. The van der Waals surface area contributed by atoms with Crippen molar-refractivity contribution >= 4 is 0 Å². The molecule has 0 aromatic rings. The van der Waals surface area contributed by atoms with Gasteiger partial charge >= 0.3 is 47.6 Å². The van der Waals surface area contributed by atoms with Crippen molar-refractivity contribution in [3.8, 4) is 0 Å². The van der Waals surface area contributed by atoms with Crippen LogP contribution < -0.4 is 0 Å². The van der Waals surface area contributed by atoms with E-state index in [4.69, 9.17) is 0 Å². The Morgan fingerprint density at radius 1 is 0.429 bits per heavy atom. The van der Waals surface area contributed by atoms with Crippen LogP contribution in [0, 0.1) is 0 Å². The normalized spacial score (nSPS) is 16.1. The summed E-state index contributed by atoms with van der Waals surface area (Å²) in [6, 6.07) is 0. The Labute approximate surface area is 187 Å². The van der Waals surface area contributed by atoms with Crippen molar-refractivity contribution in [2.45, 2.75) is 81.2 Å². The molecule has 0 heterocycles. The molecule has 18 heteroatoms. The Hall–Kier alpha value is -1.23. The second-order valence-electron chi connectivity index (χ2n) is 7.77. The molecule has 0 atom stereocenters. The van der Waals surface area contributed by atoms with E-state index in [-0.39, 0.29) is 24.1 Å². The summed E-state index contributed by atoms with van der Waals surface area (Å²) < 4.78 is 225. The molecule has 0 saturated heterocycles. The number of hydrogen-bond acceptors (Lipinski definition) is 0. The molecule has 0 bridgehead atoms. The number of nitrogens with zero attached hydrogens (tertiary/aromatic N) is 1. The molecule has 0 fully saturated rings. The summed E-state index contributed by atoms with van der Waals surface area (Å²) in [6.45, 7) is 4.76. The molecule has 0 saturated carbocycles. The quantitative estimate of drug-likeness (QED) is 0.160. The van der Waals surface area contributed by atoms with Crippen LogP contribution in [0.2, 0.25) is 0 Å². The molecule has 0 amide bonds. The lowest BCUT2D eigenvalue weighted by molar-refractivity contribution is -0.923. The maximum atomic E-state index is 13.9. The molecule has 0 spiro atoms. The highest BCUT2D eigenvalue weighted by atomic mass is 19.4. The minimum atomic E-state index is -8.58. The number of hydrogen-bond donors (Lipinski definition) is 0. The van der Waals surface area contributed by atoms with Crippen molar-refractivity contribution in [2.75, 3.05) is 26.2 Å². The zero-order valence-electron chi connectivity index (χ0n) is 18.1. The zero-order valence-corrected chi connectivity index (χ0v) is 18.1. The largest absolute Gasteiger partial charge is 0.460 e. The molecular formula is C17H21F17N+. The average molecular weight is 562 g/mol. The van der Waals surface area contributed by atoms with Crippen molar-refractivity contribution in [1.82, 2.24) is 0 Å². The van der Waals surface area contributed by atoms with E-state index < -0.39 is 67.0 Å². The predicted molar refractivity (Wildman–Crippen MR) is 86.7 cm³/mol. The summed E-state index contributed by atoms with van der Waals surface area (Å²) in [5.74, 6) is -55.8. The van der Waals surface area contributed by atoms with Crippen LogP contribution in [-0.4, -0.2) is 78.3 Å². The number of halogens is 17. The van der Waals surface area contributed by atoms with Gasteiger partial charge in [0.2, 0.25) is 0 Å². The van der Waals surface area contributed by atoms with Gasteiger partial charge in [-0.1, -0.05) is 0 Å². The van der Waals surface area contributed by atoms with Gasteiger partial charge in [0.1, 0.15) is 0 Å². The molecule has 0 aliphatic rings. The molecule has 0 radical (unpaired) electrons. The van der Waals surface area contributed by atoms with Gasteiger partial charge in [-0.2, -0.15) is 74.6 Å². The number of alkyl halides is 17. The van der Waals surface area contributed by atoms with Crippen molar-refractivity contribution in [2.24, 2.45) is 0 Å². The van der Waals surface area contributed by atoms with Crippen LogP contribution in [0.25, 0.3) is 0 Å². The molecule has 0 aromatic carbocycles. The molecule has 0 aliphatic heterocycles. The zero-order chi connectivity index (χ0) is 28.7. The Kier molecular flexibility index (Phi) is 9.24. The van der Waals surface area contributed by atoms with E-state index in [1.165, 1.54) is 20.8 Å². The smallest absolute Gasteiger partial charge is 0.324 e. The molecular weight excluding hydrogens is 541 g/mol. The van der Waals surface area contributed by atoms with E-state index in [1.54, 1.807) is 0 Å². The maximum absolute atomic E-state index is 13.9. The molecule has 35 heavy (non-hydrogen) atoms. The summed E-state index contributed by atoms with van der Waals surface area (Å²) in [5.41, 5.74) is 0. The van der Waals surface area contributed by atoms with Crippen molar-refractivity contribution < 1.29 is 79.1 Å².